The van der Waals surface area contributed by atoms with E-state index in [-0.39, 0.29) is 105 Å². The minimum atomic E-state index is 0.0000401. The lowest BCUT2D eigenvalue weighted by Gasteiger charge is -2.25. The number of nitrogens with zero attached hydrogens (tertiary/aromatic N) is 3. The summed E-state index contributed by atoms with van der Waals surface area (Å²) in [4.78, 5) is 14.8. The summed E-state index contributed by atoms with van der Waals surface area (Å²) < 4.78 is 6.45. The molecule has 2 aromatic heterocycles. The van der Waals surface area contributed by atoms with Crippen LogP contribution in [0, 0.1) is 0 Å². The fraction of sp³-hybridized carbons (Fsp3) is 0. The third-order valence-corrected chi connectivity index (χ3v) is 10.9. The van der Waals surface area contributed by atoms with E-state index in [1.165, 1.54) is 0 Å². The van der Waals surface area contributed by atoms with Crippen molar-refractivity contribution in [3.8, 4) is 67.5 Å². The summed E-state index contributed by atoms with van der Waals surface area (Å²) in [5.74, 6) is 0.881. The number of hydrogen-bond acceptors (Lipinski definition) is 4. The van der Waals surface area contributed by atoms with Crippen LogP contribution in [0.5, 0.6) is 0 Å². The molecule has 0 saturated carbocycles. The number of benzene rings is 7. The molecule has 0 aliphatic carbocycles. The van der Waals surface area contributed by atoms with Crippen molar-refractivity contribution in [2.45, 2.75) is 0 Å². The molecule has 22 radical (unpaired) electrons. The minimum Gasteiger partial charge on any atom is -0.457 e. The van der Waals surface area contributed by atoms with Crippen LogP contribution in [0.15, 0.2) is 114 Å². The van der Waals surface area contributed by atoms with E-state index in [0.717, 1.165) is 33.4 Å². The van der Waals surface area contributed by atoms with Crippen LogP contribution in [0.4, 0.5) is 0 Å². The van der Waals surface area contributed by atoms with Crippen LogP contribution >= 0.6 is 0 Å². The van der Waals surface area contributed by atoms with Crippen molar-refractivity contribution < 1.29 is 4.42 Å². The van der Waals surface area contributed by atoms with Gasteiger partial charge in [-0.1, -0.05) is 142 Å². The normalized spacial score (nSPS) is 11.4. The highest BCUT2D eigenvalue weighted by Crippen LogP contribution is 2.31. The van der Waals surface area contributed by atoms with Crippen molar-refractivity contribution in [3.63, 3.8) is 0 Å². The maximum atomic E-state index is 6.99. The molecule has 0 saturated heterocycles. The van der Waals surface area contributed by atoms with Crippen LogP contribution < -0.4 is 60.1 Å². The summed E-state index contributed by atoms with van der Waals surface area (Å²) >= 11 is 0. The quantitative estimate of drug-likeness (QED) is 0.196. The summed E-state index contributed by atoms with van der Waals surface area (Å²) in [6, 6.07) is 35.9. The maximum Gasteiger partial charge on any atom is 0.164 e. The standard InChI is InChI=1S/C45H18B11N3O/c46-30-26(25-31(47)38(54)40(56)39(55)32(25)48)36(52)41-27(33(30)49)28-34(50)35(51)29(37(53)42(28)60-41)45-58-43(23-15-11-21(12-16-23)19-7-3-1-4-8-19)57-44(59-45)24-17-13-22(14-18-24)20-9-5-2-6-10-20/h1-18H. The first-order valence-electron chi connectivity index (χ1n) is 18.6. The van der Waals surface area contributed by atoms with Crippen molar-refractivity contribution in [3.05, 3.63) is 109 Å². The minimum absolute atomic E-state index is 0.0000401. The Morgan fingerprint density at radius 1 is 0.267 bits per heavy atom. The van der Waals surface area contributed by atoms with Crippen molar-refractivity contribution in [2.24, 2.45) is 0 Å². The predicted molar refractivity (Wildman–Crippen MR) is 259 cm³/mol. The third-order valence-electron chi connectivity index (χ3n) is 10.9. The van der Waals surface area contributed by atoms with Gasteiger partial charge in [0.2, 0.25) is 0 Å². The monoisotopic (exact) mass is 737 g/mol. The van der Waals surface area contributed by atoms with Crippen molar-refractivity contribution in [2.75, 3.05) is 0 Å². The molecular weight excluding hydrogens is 717 g/mol. The number of hydrogen-bond donors (Lipinski definition) is 0. The molecule has 0 fully saturated rings. The number of rotatable bonds is 6. The molecule has 252 valence electrons. The second kappa shape index (κ2) is 15.3. The molecule has 0 amide bonds. The second-order valence-electron chi connectivity index (χ2n) is 14.4. The lowest BCUT2D eigenvalue weighted by molar-refractivity contribution is 0.674. The fourth-order valence-corrected chi connectivity index (χ4v) is 7.64. The Morgan fingerprint density at radius 2 is 0.567 bits per heavy atom. The first-order valence-corrected chi connectivity index (χ1v) is 18.6. The zero-order valence-electron chi connectivity index (χ0n) is 32.0. The van der Waals surface area contributed by atoms with E-state index in [0.29, 0.717) is 11.6 Å². The summed E-state index contributed by atoms with van der Waals surface area (Å²) in [6.07, 6.45) is 0. The summed E-state index contributed by atoms with van der Waals surface area (Å²) in [7, 11) is 72.3. The van der Waals surface area contributed by atoms with Gasteiger partial charge in [-0.2, -0.15) is 0 Å². The van der Waals surface area contributed by atoms with Gasteiger partial charge in [0.15, 0.2) is 17.5 Å². The first-order chi connectivity index (χ1) is 28.8. The molecule has 7 aromatic carbocycles. The molecule has 9 aromatic rings. The summed E-state index contributed by atoms with van der Waals surface area (Å²) in [5.41, 5.74) is 6.62. The molecule has 4 nitrogen and oxygen atoms in total. The van der Waals surface area contributed by atoms with Gasteiger partial charge in [-0.25, -0.2) is 15.0 Å². The van der Waals surface area contributed by atoms with Crippen LogP contribution in [0.3, 0.4) is 0 Å². The molecule has 0 atom stereocenters. The number of fused-ring (bicyclic) bond motifs is 3. The van der Waals surface area contributed by atoms with Crippen LogP contribution in [-0.2, 0) is 0 Å². The molecule has 0 bridgehead atoms. The van der Waals surface area contributed by atoms with Gasteiger partial charge in [0.05, 0.1) is 0 Å². The van der Waals surface area contributed by atoms with Gasteiger partial charge in [0.1, 0.15) is 97.5 Å². The van der Waals surface area contributed by atoms with E-state index in [4.69, 9.17) is 106 Å². The van der Waals surface area contributed by atoms with E-state index < -0.39 is 0 Å². The molecule has 0 N–H and O–H groups in total. The summed E-state index contributed by atoms with van der Waals surface area (Å²) in [5, 5.41) is 0.555. The average molecular weight is 736 g/mol. The van der Waals surface area contributed by atoms with E-state index >= 15 is 0 Å². The van der Waals surface area contributed by atoms with Gasteiger partial charge >= 0.3 is 0 Å². The van der Waals surface area contributed by atoms with Gasteiger partial charge in [-0.15, -0.1) is 16.4 Å². The van der Waals surface area contributed by atoms with Crippen molar-refractivity contribution in [1.82, 2.24) is 15.0 Å². The van der Waals surface area contributed by atoms with Gasteiger partial charge in [-0.05, 0) is 44.3 Å². The average Bonchev–Trinajstić information content (AvgIpc) is 3.70. The highest BCUT2D eigenvalue weighted by molar-refractivity contribution is 6.71. The van der Waals surface area contributed by atoms with Crippen LogP contribution in [0.25, 0.3) is 89.5 Å². The Kier molecular flexibility index (Phi) is 10.1. The van der Waals surface area contributed by atoms with Crippen molar-refractivity contribution >= 4 is 168 Å². The molecule has 60 heavy (non-hydrogen) atoms. The van der Waals surface area contributed by atoms with Gasteiger partial charge in [-0.3, -0.25) is 0 Å². The predicted octanol–water partition coefficient (Wildman–Crippen LogP) is -1.50. The van der Waals surface area contributed by atoms with Gasteiger partial charge < -0.3 is 4.42 Å². The molecule has 0 spiro atoms. The molecule has 2 heterocycles. The molecule has 9 rings (SSSR count). The van der Waals surface area contributed by atoms with E-state index in [1.54, 1.807) is 0 Å². The SMILES string of the molecule is [B]c1c([B])c([B])c(-c2c([B])c([B])c3c(oc4c([B])c(-c5nc(-c6ccc(-c7ccccc7)cc6)nc(-c6ccc(-c7ccccc7)cc6)n5)c([B])c([B])c43)c2[B])c([B])c1[B]. The topological polar surface area (TPSA) is 51.8 Å². The zero-order chi connectivity index (χ0) is 42.1. The Hall–Kier alpha value is -5.94. The number of furan rings is 1. The van der Waals surface area contributed by atoms with Gasteiger partial charge in [0, 0.05) is 27.5 Å². The number of aromatic nitrogens is 3. The first kappa shape index (κ1) is 39.5. The van der Waals surface area contributed by atoms with Crippen molar-refractivity contribution in [1.29, 1.82) is 0 Å². The van der Waals surface area contributed by atoms with E-state index in [1.807, 2.05) is 109 Å². The molecule has 0 unspecified atom stereocenters. The Morgan fingerprint density at radius 3 is 1.00 bits per heavy atom. The highest BCUT2D eigenvalue weighted by atomic mass is 16.3. The Labute approximate surface area is 362 Å². The van der Waals surface area contributed by atoms with E-state index in [9.17, 15) is 0 Å². The maximum absolute atomic E-state index is 6.99. The van der Waals surface area contributed by atoms with Crippen LogP contribution in [0.2, 0.25) is 0 Å². The lowest BCUT2D eigenvalue weighted by Crippen LogP contribution is -2.56. The highest BCUT2D eigenvalue weighted by Gasteiger charge is 2.26. The summed E-state index contributed by atoms with van der Waals surface area (Å²) in [6.45, 7) is 0. The fourth-order valence-electron chi connectivity index (χ4n) is 7.64. The second-order valence-corrected chi connectivity index (χ2v) is 14.4. The van der Waals surface area contributed by atoms with Crippen LogP contribution in [0.1, 0.15) is 0 Å². The van der Waals surface area contributed by atoms with Crippen LogP contribution in [-0.4, -0.2) is 101 Å². The Balaban J connectivity index is 1.26. The molecule has 0 aliphatic heterocycles. The zero-order valence-corrected chi connectivity index (χ0v) is 32.0. The largest absolute Gasteiger partial charge is 0.457 e. The lowest BCUT2D eigenvalue weighted by atomic mass is 9.57. The molecule has 0 aliphatic rings. The third kappa shape index (κ3) is 6.36. The smallest absolute Gasteiger partial charge is 0.164 e. The molecule has 15 heteroatoms. The van der Waals surface area contributed by atoms with E-state index in [2.05, 4.69) is 0 Å². The Bertz CT molecular complexity index is 3060. The molecular formula is C45H18B11N3O. The van der Waals surface area contributed by atoms with Gasteiger partial charge in [0.25, 0.3) is 0 Å².